The minimum atomic E-state index is -0.160. The largest absolute Gasteiger partial charge is 0.465 e. The maximum Gasteiger partial charge on any atom is 0.190 e. The topological polar surface area (TPSA) is 29.5 Å². The van der Waals surface area contributed by atoms with Crippen molar-refractivity contribution in [1.29, 1.82) is 0 Å². The molecule has 0 N–H and O–H groups in total. The highest BCUT2D eigenvalue weighted by atomic mass is 16.5. The monoisotopic (exact) mass is 391 g/mol. The summed E-state index contributed by atoms with van der Waals surface area (Å²) in [6, 6.07) is 8.70. The number of anilines is 1. The second-order valence-corrected chi connectivity index (χ2v) is 10.1. The summed E-state index contributed by atoms with van der Waals surface area (Å²) in [6.45, 7) is 0. The van der Waals surface area contributed by atoms with Crippen molar-refractivity contribution in [2.45, 2.75) is 89.2 Å². The number of benzene rings is 1. The van der Waals surface area contributed by atoms with E-state index >= 15 is 0 Å². The first kappa shape index (κ1) is 18.0. The van der Waals surface area contributed by atoms with E-state index in [4.69, 9.17) is 4.74 Å². The first-order chi connectivity index (χ1) is 14.3. The fraction of sp³-hybridized carbons (Fsp3) is 0.654. The van der Waals surface area contributed by atoms with Crippen molar-refractivity contribution in [3.8, 4) is 5.75 Å². The molecule has 6 rings (SSSR count). The van der Waals surface area contributed by atoms with Crippen molar-refractivity contribution in [1.82, 2.24) is 0 Å². The molecule has 0 saturated heterocycles. The number of allylic oxidation sites excluding steroid dienone is 2. The summed E-state index contributed by atoms with van der Waals surface area (Å²) in [7, 11) is 0. The molecule has 3 aliphatic carbocycles. The fourth-order valence-electron chi connectivity index (χ4n) is 7.23. The van der Waals surface area contributed by atoms with Crippen LogP contribution in [0.1, 0.15) is 83.5 Å². The third-order valence-electron chi connectivity index (χ3n) is 8.51. The molecule has 2 fully saturated rings. The van der Waals surface area contributed by atoms with Gasteiger partial charge in [0.1, 0.15) is 11.5 Å². The van der Waals surface area contributed by atoms with E-state index in [1.165, 1.54) is 57.1 Å². The van der Waals surface area contributed by atoms with Crippen LogP contribution in [0.4, 0.5) is 5.69 Å². The Kier molecular flexibility index (Phi) is 4.28. The lowest BCUT2D eigenvalue weighted by Crippen LogP contribution is -2.60. The Hall–Kier alpha value is -1.77. The van der Waals surface area contributed by atoms with Gasteiger partial charge in [0.2, 0.25) is 0 Å². The minimum Gasteiger partial charge on any atom is -0.465 e. The van der Waals surface area contributed by atoms with E-state index in [0.717, 1.165) is 37.9 Å². The Morgan fingerprint density at radius 3 is 2.76 bits per heavy atom. The van der Waals surface area contributed by atoms with Gasteiger partial charge in [-0.2, -0.15) is 0 Å². The minimum absolute atomic E-state index is 0.160. The molecule has 2 saturated carbocycles. The molecule has 154 valence electrons. The fourth-order valence-corrected chi connectivity index (χ4v) is 7.23. The average molecular weight is 392 g/mol. The van der Waals surface area contributed by atoms with Crippen LogP contribution in [-0.4, -0.2) is 11.5 Å². The van der Waals surface area contributed by atoms with Gasteiger partial charge >= 0.3 is 0 Å². The molecule has 0 radical (unpaired) electrons. The number of hydrogen-bond acceptors (Lipinski definition) is 3. The van der Waals surface area contributed by atoms with E-state index in [9.17, 15) is 4.79 Å². The number of Topliss-reactive ketones (excluding diaryl/α,β-unsaturated/α-hetero) is 1. The number of hydrogen-bond donors (Lipinski definition) is 0. The molecule has 0 bridgehead atoms. The third kappa shape index (κ3) is 2.72. The van der Waals surface area contributed by atoms with E-state index < -0.39 is 0 Å². The van der Waals surface area contributed by atoms with Crippen LogP contribution in [0, 0.1) is 17.8 Å². The Morgan fingerprint density at radius 2 is 1.83 bits per heavy atom. The molecule has 0 amide bonds. The molecule has 4 unspecified atom stereocenters. The zero-order valence-electron chi connectivity index (χ0n) is 17.5. The van der Waals surface area contributed by atoms with Gasteiger partial charge in [0.25, 0.3) is 0 Å². The van der Waals surface area contributed by atoms with Crippen molar-refractivity contribution < 1.29 is 9.53 Å². The van der Waals surface area contributed by atoms with Crippen LogP contribution in [-0.2, 0) is 4.79 Å². The lowest BCUT2D eigenvalue weighted by Gasteiger charge is -2.54. The summed E-state index contributed by atoms with van der Waals surface area (Å²) in [5.41, 5.74) is 4.38. The van der Waals surface area contributed by atoms with Crippen LogP contribution in [0.15, 0.2) is 35.5 Å². The Morgan fingerprint density at radius 1 is 0.966 bits per heavy atom. The first-order valence-electron chi connectivity index (χ1n) is 12.1. The van der Waals surface area contributed by atoms with Crippen LogP contribution < -0.4 is 9.64 Å². The maximum absolute atomic E-state index is 12.6. The van der Waals surface area contributed by atoms with Crippen molar-refractivity contribution in [3.63, 3.8) is 0 Å². The first-order valence-corrected chi connectivity index (χ1v) is 12.1. The summed E-state index contributed by atoms with van der Waals surface area (Å²) >= 11 is 0. The summed E-state index contributed by atoms with van der Waals surface area (Å²) in [5.74, 6) is 3.03. The molecule has 0 aromatic heterocycles. The van der Waals surface area contributed by atoms with E-state index in [0.29, 0.717) is 23.5 Å². The van der Waals surface area contributed by atoms with Crippen molar-refractivity contribution in [2.75, 3.05) is 4.90 Å². The third-order valence-corrected chi connectivity index (χ3v) is 8.51. The lowest BCUT2D eigenvalue weighted by atomic mass is 9.68. The van der Waals surface area contributed by atoms with Gasteiger partial charge in [-0.05, 0) is 81.4 Å². The normalized spacial score (nSPS) is 36.1. The summed E-state index contributed by atoms with van der Waals surface area (Å²) in [5, 5.41) is 0. The molecule has 1 spiro atoms. The Bertz CT molecular complexity index is 858. The highest BCUT2D eigenvalue weighted by Gasteiger charge is 2.57. The van der Waals surface area contributed by atoms with Gasteiger partial charge in [-0.15, -0.1) is 0 Å². The van der Waals surface area contributed by atoms with Gasteiger partial charge in [-0.25, -0.2) is 0 Å². The van der Waals surface area contributed by atoms with Gasteiger partial charge in [0.05, 0.1) is 5.69 Å². The number of fused-ring (bicyclic) bond motifs is 3. The molecule has 5 aliphatic rings. The molecular weight excluding hydrogens is 358 g/mol. The SMILES string of the molecule is O=C1CCCCC1CC1CCCC2=C1N1c3ccccc3OC13CCCCC3C2. The van der Waals surface area contributed by atoms with E-state index in [2.05, 4.69) is 29.2 Å². The average Bonchev–Trinajstić information content (AvgIpc) is 3.08. The predicted molar refractivity (Wildman–Crippen MR) is 115 cm³/mol. The number of nitrogens with zero attached hydrogens (tertiary/aromatic N) is 1. The molecule has 3 heteroatoms. The molecule has 4 atom stereocenters. The highest BCUT2D eigenvalue weighted by Crippen LogP contribution is 2.59. The van der Waals surface area contributed by atoms with Gasteiger partial charge in [0.15, 0.2) is 5.72 Å². The van der Waals surface area contributed by atoms with Crippen LogP contribution in [0.3, 0.4) is 0 Å². The molecule has 1 aromatic rings. The number of ether oxygens (including phenoxy) is 1. The second kappa shape index (κ2) is 6.89. The number of carbonyl (C=O) groups is 1. The smallest absolute Gasteiger partial charge is 0.190 e. The van der Waals surface area contributed by atoms with Gasteiger partial charge in [-0.3, -0.25) is 4.79 Å². The number of ketones is 1. The maximum atomic E-state index is 12.6. The van der Waals surface area contributed by atoms with Crippen LogP contribution in [0.25, 0.3) is 0 Å². The zero-order valence-corrected chi connectivity index (χ0v) is 17.5. The Balaban J connectivity index is 1.43. The number of para-hydroxylation sites is 2. The van der Waals surface area contributed by atoms with E-state index in [1.54, 1.807) is 11.3 Å². The van der Waals surface area contributed by atoms with E-state index in [-0.39, 0.29) is 5.72 Å². The standard InChI is InChI=1S/C26H33NO2/c28-23-13-3-1-8-18(23)16-19-9-7-10-20-17-21-11-5-6-15-26(21)27(25(19)20)22-12-2-4-14-24(22)29-26/h2,4,12,14,18-19,21H,1,3,5-11,13,15-17H2. The second-order valence-electron chi connectivity index (χ2n) is 10.1. The summed E-state index contributed by atoms with van der Waals surface area (Å²) < 4.78 is 6.84. The molecule has 2 heterocycles. The molecule has 3 nitrogen and oxygen atoms in total. The van der Waals surface area contributed by atoms with E-state index in [1.807, 2.05) is 0 Å². The number of carbonyl (C=O) groups excluding carboxylic acids is 1. The Labute approximate surface area is 174 Å². The highest BCUT2D eigenvalue weighted by molar-refractivity contribution is 5.81. The quantitative estimate of drug-likeness (QED) is 0.586. The van der Waals surface area contributed by atoms with Gasteiger partial charge in [-0.1, -0.05) is 25.0 Å². The van der Waals surface area contributed by atoms with Crippen LogP contribution in [0.5, 0.6) is 5.75 Å². The van der Waals surface area contributed by atoms with Crippen LogP contribution >= 0.6 is 0 Å². The molecule has 2 aliphatic heterocycles. The van der Waals surface area contributed by atoms with Crippen molar-refractivity contribution >= 4 is 11.5 Å². The van der Waals surface area contributed by atoms with Crippen molar-refractivity contribution in [3.05, 3.63) is 35.5 Å². The molecule has 29 heavy (non-hydrogen) atoms. The van der Waals surface area contributed by atoms with Gasteiger partial charge < -0.3 is 9.64 Å². The predicted octanol–water partition coefficient (Wildman–Crippen LogP) is 6.38. The van der Waals surface area contributed by atoms with Crippen molar-refractivity contribution in [2.24, 2.45) is 17.8 Å². The lowest BCUT2D eigenvalue weighted by molar-refractivity contribution is -0.125. The summed E-state index contributed by atoms with van der Waals surface area (Å²) in [4.78, 5) is 15.3. The molecular formula is C26H33NO2. The zero-order chi connectivity index (χ0) is 19.4. The van der Waals surface area contributed by atoms with Gasteiger partial charge in [0, 0.05) is 30.4 Å². The number of rotatable bonds is 2. The molecule has 1 aromatic carbocycles. The van der Waals surface area contributed by atoms with Crippen LogP contribution in [0.2, 0.25) is 0 Å². The summed E-state index contributed by atoms with van der Waals surface area (Å²) in [6.07, 6.45) is 15.3.